The van der Waals surface area contributed by atoms with E-state index in [9.17, 15) is 13.2 Å². The Morgan fingerprint density at radius 3 is 2.67 bits per heavy atom. The SMILES string of the molecule is CCCCCCNC(=O)c1n[nH]c(C2CC2)c1S(N)(=O)=O. The van der Waals surface area contributed by atoms with Gasteiger partial charge >= 0.3 is 0 Å². The topological polar surface area (TPSA) is 118 Å². The predicted octanol–water partition coefficient (Wildman–Crippen LogP) is 1.24. The van der Waals surface area contributed by atoms with Crippen LogP contribution < -0.4 is 10.5 Å². The number of nitrogens with zero attached hydrogens (tertiary/aromatic N) is 1. The average Bonchev–Trinajstić information content (AvgIpc) is 3.15. The summed E-state index contributed by atoms with van der Waals surface area (Å²) in [5.41, 5.74) is 0.350. The summed E-state index contributed by atoms with van der Waals surface area (Å²) < 4.78 is 23.5. The minimum absolute atomic E-state index is 0.116. The van der Waals surface area contributed by atoms with Crippen LogP contribution in [0.5, 0.6) is 0 Å². The first-order valence-electron chi connectivity index (χ1n) is 7.34. The zero-order chi connectivity index (χ0) is 15.5. The van der Waals surface area contributed by atoms with Crippen molar-refractivity contribution in [3.8, 4) is 0 Å². The molecule has 0 spiro atoms. The third-order valence-electron chi connectivity index (χ3n) is 3.55. The van der Waals surface area contributed by atoms with Crippen LogP contribution in [0.1, 0.15) is 67.5 Å². The summed E-state index contributed by atoms with van der Waals surface area (Å²) in [6.45, 7) is 2.62. The number of aromatic nitrogens is 2. The van der Waals surface area contributed by atoms with Crippen molar-refractivity contribution in [1.82, 2.24) is 15.5 Å². The molecule has 7 nitrogen and oxygen atoms in total. The van der Waals surface area contributed by atoms with E-state index in [-0.39, 0.29) is 16.5 Å². The number of carbonyl (C=O) groups is 1. The third-order valence-corrected chi connectivity index (χ3v) is 4.53. The molecule has 1 aromatic heterocycles. The molecule has 1 fully saturated rings. The van der Waals surface area contributed by atoms with Gasteiger partial charge in [0.15, 0.2) is 5.69 Å². The number of rotatable bonds is 8. The molecule has 1 aromatic rings. The number of hydrogen-bond acceptors (Lipinski definition) is 4. The van der Waals surface area contributed by atoms with E-state index in [1.54, 1.807) is 0 Å². The lowest BCUT2D eigenvalue weighted by atomic mass is 10.2. The van der Waals surface area contributed by atoms with E-state index < -0.39 is 15.9 Å². The molecule has 1 amide bonds. The molecule has 4 N–H and O–H groups in total. The van der Waals surface area contributed by atoms with Crippen molar-refractivity contribution in [1.29, 1.82) is 0 Å². The number of primary sulfonamides is 1. The molecular weight excluding hydrogens is 292 g/mol. The van der Waals surface area contributed by atoms with Gasteiger partial charge in [0.05, 0.1) is 5.69 Å². The smallest absolute Gasteiger partial charge is 0.273 e. The average molecular weight is 314 g/mol. The van der Waals surface area contributed by atoms with Crippen molar-refractivity contribution in [2.45, 2.75) is 56.3 Å². The fourth-order valence-electron chi connectivity index (χ4n) is 2.27. The summed E-state index contributed by atoms with van der Waals surface area (Å²) in [6, 6.07) is 0. The van der Waals surface area contributed by atoms with Crippen LogP contribution in [0.25, 0.3) is 0 Å². The van der Waals surface area contributed by atoms with Gasteiger partial charge in [-0.05, 0) is 19.3 Å². The molecule has 1 aliphatic carbocycles. The monoisotopic (exact) mass is 314 g/mol. The van der Waals surface area contributed by atoms with Crippen LogP contribution in [-0.2, 0) is 10.0 Å². The molecule has 118 valence electrons. The summed E-state index contributed by atoms with van der Waals surface area (Å²) >= 11 is 0. The molecular formula is C13H22N4O3S. The molecule has 0 saturated heterocycles. The summed E-state index contributed by atoms with van der Waals surface area (Å²) in [5, 5.41) is 14.5. The lowest BCUT2D eigenvalue weighted by Gasteiger charge is -2.05. The molecule has 0 aromatic carbocycles. The molecule has 1 saturated carbocycles. The number of amides is 1. The minimum Gasteiger partial charge on any atom is -0.351 e. The molecule has 0 radical (unpaired) electrons. The van der Waals surface area contributed by atoms with Crippen LogP contribution in [0.2, 0.25) is 0 Å². The number of hydrogen-bond donors (Lipinski definition) is 3. The van der Waals surface area contributed by atoms with Gasteiger partial charge in [0.25, 0.3) is 5.91 Å². The van der Waals surface area contributed by atoms with E-state index in [0.717, 1.165) is 38.5 Å². The minimum atomic E-state index is -3.96. The maximum absolute atomic E-state index is 12.1. The number of H-pyrrole nitrogens is 1. The van der Waals surface area contributed by atoms with E-state index in [1.807, 2.05) is 0 Å². The number of sulfonamides is 1. The predicted molar refractivity (Wildman–Crippen MR) is 78.4 cm³/mol. The Hall–Kier alpha value is -1.41. The van der Waals surface area contributed by atoms with Gasteiger partial charge in [-0.2, -0.15) is 5.10 Å². The standard InChI is InChI=1S/C13H22N4O3S/c1-2-3-4-5-8-15-13(18)11-12(21(14,19)20)10(16-17-11)9-6-7-9/h9H,2-8H2,1H3,(H,15,18)(H,16,17)(H2,14,19,20). The maximum Gasteiger partial charge on any atom is 0.273 e. The Labute approximate surface area is 124 Å². The van der Waals surface area contributed by atoms with Crippen LogP contribution in [-0.4, -0.2) is 31.1 Å². The van der Waals surface area contributed by atoms with Gasteiger partial charge in [0.2, 0.25) is 10.0 Å². The molecule has 8 heteroatoms. The second kappa shape index (κ2) is 6.57. The number of nitrogens with one attached hydrogen (secondary N) is 2. The third kappa shape index (κ3) is 4.04. The Morgan fingerprint density at radius 1 is 1.38 bits per heavy atom. The van der Waals surface area contributed by atoms with Crippen LogP contribution in [0, 0.1) is 0 Å². The molecule has 0 atom stereocenters. The summed E-state index contributed by atoms with van der Waals surface area (Å²) in [7, 11) is -3.96. The van der Waals surface area contributed by atoms with Gasteiger partial charge < -0.3 is 5.32 Å². The number of carbonyl (C=O) groups excluding carboxylic acids is 1. The van der Waals surface area contributed by atoms with Crippen LogP contribution in [0.15, 0.2) is 4.90 Å². The fourth-order valence-corrected chi connectivity index (χ4v) is 3.20. The van der Waals surface area contributed by atoms with Crippen LogP contribution in [0.4, 0.5) is 0 Å². The van der Waals surface area contributed by atoms with E-state index in [1.165, 1.54) is 0 Å². The van der Waals surface area contributed by atoms with Crippen molar-refractivity contribution < 1.29 is 13.2 Å². The van der Waals surface area contributed by atoms with Gasteiger partial charge in [-0.3, -0.25) is 9.89 Å². The summed E-state index contributed by atoms with van der Waals surface area (Å²) in [4.78, 5) is 11.9. The summed E-state index contributed by atoms with van der Waals surface area (Å²) in [6.07, 6.45) is 5.92. The van der Waals surface area contributed by atoms with Crippen LogP contribution >= 0.6 is 0 Å². The van der Waals surface area contributed by atoms with E-state index in [4.69, 9.17) is 5.14 Å². The molecule has 1 aliphatic rings. The van der Waals surface area contributed by atoms with Gasteiger partial charge in [0.1, 0.15) is 4.90 Å². The van der Waals surface area contributed by atoms with Crippen molar-refractivity contribution in [3.63, 3.8) is 0 Å². The van der Waals surface area contributed by atoms with Gasteiger partial charge in [-0.15, -0.1) is 0 Å². The zero-order valence-electron chi connectivity index (χ0n) is 12.2. The lowest BCUT2D eigenvalue weighted by Crippen LogP contribution is -2.27. The van der Waals surface area contributed by atoms with E-state index in [0.29, 0.717) is 12.2 Å². The largest absolute Gasteiger partial charge is 0.351 e. The Bertz CT molecular complexity index is 605. The van der Waals surface area contributed by atoms with E-state index in [2.05, 4.69) is 22.4 Å². The molecule has 2 rings (SSSR count). The maximum atomic E-state index is 12.1. The Morgan fingerprint density at radius 2 is 2.10 bits per heavy atom. The van der Waals surface area contributed by atoms with Gasteiger partial charge in [0, 0.05) is 12.5 Å². The molecule has 0 aliphatic heterocycles. The molecule has 21 heavy (non-hydrogen) atoms. The van der Waals surface area contributed by atoms with Crippen molar-refractivity contribution in [2.24, 2.45) is 5.14 Å². The quantitative estimate of drug-likeness (QED) is 0.626. The normalized spacial score (nSPS) is 15.1. The second-order valence-electron chi connectivity index (χ2n) is 5.45. The highest BCUT2D eigenvalue weighted by Crippen LogP contribution is 2.42. The summed E-state index contributed by atoms with van der Waals surface area (Å²) in [5.74, 6) is -0.365. The first-order valence-corrected chi connectivity index (χ1v) is 8.89. The lowest BCUT2D eigenvalue weighted by molar-refractivity contribution is 0.0944. The highest BCUT2D eigenvalue weighted by atomic mass is 32.2. The zero-order valence-corrected chi connectivity index (χ0v) is 13.0. The number of nitrogens with two attached hydrogens (primary N) is 1. The highest BCUT2D eigenvalue weighted by Gasteiger charge is 2.35. The number of unbranched alkanes of at least 4 members (excludes halogenated alkanes) is 3. The van der Waals surface area contributed by atoms with Crippen molar-refractivity contribution >= 4 is 15.9 Å². The van der Waals surface area contributed by atoms with Gasteiger partial charge in [-0.25, -0.2) is 13.6 Å². The molecule has 1 heterocycles. The van der Waals surface area contributed by atoms with Crippen molar-refractivity contribution in [2.75, 3.05) is 6.54 Å². The van der Waals surface area contributed by atoms with Crippen molar-refractivity contribution in [3.05, 3.63) is 11.4 Å². The Kier molecular flexibility index (Phi) is 5.00. The molecule has 0 unspecified atom stereocenters. The fraction of sp³-hybridized carbons (Fsp3) is 0.692. The Balaban J connectivity index is 2.07. The van der Waals surface area contributed by atoms with Crippen LogP contribution in [0.3, 0.4) is 0 Å². The van der Waals surface area contributed by atoms with Gasteiger partial charge in [-0.1, -0.05) is 26.2 Å². The molecule has 0 bridgehead atoms. The number of aromatic amines is 1. The van der Waals surface area contributed by atoms with E-state index >= 15 is 0 Å². The second-order valence-corrected chi connectivity index (χ2v) is 6.95. The highest BCUT2D eigenvalue weighted by molar-refractivity contribution is 7.89. The first kappa shape index (κ1) is 16.0. The first-order chi connectivity index (χ1) is 9.95.